The molecule has 1 aromatic rings. The molecule has 0 spiro atoms. The number of halogens is 3. The Bertz CT molecular complexity index is 447. The number of rotatable bonds is 7. The number of benzene rings is 1. The Hall–Kier alpha value is -1.76. The molecular weight excluding hydrogens is 285 g/mol. The number of nitrogens with two attached hydrogens (primary N) is 1. The van der Waals surface area contributed by atoms with Crippen molar-refractivity contribution in [1.82, 2.24) is 4.90 Å². The Morgan fingerprint density at radius 3 is 2.38 bits per heavy atom. The molecule has 0 aliphatic carbocycles. The van der Waals surface area contributed by atoms with E-state index in [0.717, 1.165) is 10.5 Å². The molecule has 0 heterocycles. The average Bonchev–Trinajstić information content (AvgIpc) is 2.43. The largest absolute Gasteiger partial charge is 0.484 e. The highest BCUT2D eigenvalue weighted by atomic mass is 19.4. The first kappa shape index (κ1) is 17.3. The van der Waals surface area contributed by atoms with E-state index in [1.807, 2.05) is 0 Å². The predicted molar refractivity (Wildman–Crippen MR) is 72.8 cm³/mol. The van der Waals surface area contributed by atoms with Crippen molar-refractivity contribution in [1.29, 1.82) is 0 Å². The Kier molecular flexibility index (Phi) is 6.48. The number of carbonyl (C=O) groups is 1. The molecule has 118 valence electrons. The first-order valence-electron chi connectivity index (χ1n) is 6.62. The molecule has 0 aromatic heterocycles. The zero-order valence-electron chi connectivity index (χ0n) is 11.8. The average molecular weight is 304 g/mol. The maximum atomic E-state index is 12.4. The van der Waals surface area contributed by atoms with Crippen LogP contribution in [0.3, 0.4) is 0 Å². The van der Waals surface area contributed by atoms with Gasteiger partial charge in [0.15, 0.2) is 6.61 Å². The van der Waals surface area contributed by atoms with Crippen molar-refractivity contribution in [3.63, 3.8) is 0 Å². The monoisotopic (exact) mass is 304 g/mol. The van der Waals surface area contributed by atoms with Crippen LogP contribution in [-0.2, 0) is 11.3 Å². The number of hydrogen-bond donors (Lipinski definition) is 1. The zero-order valence-corrected chi connectivity index (χ0v) is 11.8. The summed E-state index contributed by atoms with van der Waals surface area (Å²) >= 11 is 0. The lowest BCUT2D eigenvalue weighted by atomic mass is 10.2. The SMILES string of the molecule is CCCN(CC(F)(F)F)C(=O)COc1ccc(CN)cc1. The van der Waals surface area contributed by atoms with Gasteiger partial charge in [0.1, 0.15) is 12.3 Å². The van der Waals surface area contributed by atoms with E-state index in [1.54, 1.807) is 31.2 Å². The van der Waals surface area contributed by atoms with Crippen LogP contribution in [0.25, 0.3) is 0 Å². The Balaban J connectivity index is 2.55. The topological polar surface area (TPSA) is 55.6 Å². The number of alkyl halides is 3. The predicted octanol–water partition coefficient (Wildman–Crippen LogP) is 2.33. The van der Waals surface area contributed by atoms with E-state index >= 15 is 0 Å². The van der Waals surface area contributed by atoms with Crippen molar-refractivity contribution in [2.45, 2.75) is 26.1 Å². The van der Waals surface area contributed by atoms with Gasteiger partial charge in [-0.25, -0.2) is 0 Å². The van der Waals surface area contributed by atoms with Crippen LogP contribution in [0.1, 0.15) is 18.9 Å². The van der Waals surface area contributed by atoms with Gasteiger partial charge in [0.25, 0.3) is 5.91 Å². The van der Waals surface area contributed by atoms with Crippen molar-refractivity contribution in [3.05, 3.63) is 29.8 Å². The van der Waals surface area contributed by atoms with Gasteiger partial charge in [-0.15, -0.1) is 0 Å². The summed E-state index contributed by atoms with van der Waals surface area (Å²) < 4.78 is 42.4. The van der Waals surface area contributed by atoms with Crippen LogP contribution >= 0.6 is 0 Å². The normalized spacial score (nSPS) is 11.3. The molecule has 0 aliphatic rings. The van der Waals surface area contributed by atoms with Gasteiger partial charge in [-0.05, 0) is 24.1 Å². The smallest absolute Gasteiger partial charge is 0.406 e. The van der Waals surface area contributed by atoms with Crippen LogP contribution in [0, 0.1) is 0 Å². The summed E-state index contributed by atoms with van der Waals surface area (Å²) in [6.07, 6.45) is -3.96. The second-order valence-corrected chi connectivity index (χ2v) is 4.57. The van der Waals surface area contributed by atoms with Crippen molar-refractivity contribution < 1.29 is 22.7 Å². The summed E-state index contributed by atoms with van der Waals surface area (Å²) in [5.41, 5.74) is 6.35. The first-order valence-corrected chi connectivity index (χ1v) is 6.62. The third kappa shape index (κ3) is 6.48. The summed E-state index contributed by atoms with van der Waals surface area (Å²) in [4.78, 5) is 12.5. The van der Waals surface area contributed by atoms with Crippen LogP contribution in [-0.4, -0.2) is 36.7 Å². The third-order valence-corrected chi connectivity index (χ3v) is 2.74. The van der Waals surface area contributed by atoms with Gasteiger partial charge in [0, 0.05) is 13.1 Å². The number of hydrogen-bond acceptors (Lipinski definition) is 3. The molecule has 0 unspecified atom stereocenters. The van der Waals surface area contributed by atoms with Crippen molar-refractivity contribution in [2.24, 2.45) is 5.73 Å². The fourth-order valence-electron chi connectivity index (χ4n) is 1.74. The van der Waals surface area contributed by atoms with Crippen LogP contribution in [0.15, 0.2) is 24.3 Å². The first-order chi connectivity index (χ1) is 9.85. The second kappa shape index (κ2) is 7.87. The molecule has 0 bridgehead atoms. The van der Waals surface area contributed by atoms with Gasteiger partial charge in [0.05, 0.1) is 0 Å². The van der Waals surface area contributed by atoms with Gasteiger partial charge in [-0.1, -0.05) is 19.1 Å². The number of carbonyl (C=O) groups excluding carboxylic acids is 1. The van der Waals surface area contributed by atoms with E-state index in [1.165, 1.54) is 0 Å². The van der Waals surface area contributed by atoms with Crippen LogP contribution in [0.5, 0.6) is 5.75 Å². The van der Waals surface area contributed by atoms with Crippen LogP contribution in [0.4, 0.5) is 13.2 Å². The summed E-state index contributed by atoms with van der Waals surface area (Å²) in [6.45, 7) is 0.471. The Morgan fingerprint density at radius 1 is 1.29 bits per heavy atom. The molecule has 0 saturated heterocycles. The van der Waals surface area contributed by atoms with Gasteiger partial charge < -0.3 is 15.4 Å². The van der Waals surface area contributed by atoms with Gasteiger partial charge in [-0.2, -0.15) is 13.2 Å². The highest BCUT2D eigenvalue weighted by molar-refractivity contribution is 5.77. The lowest BCUT2D eigenvalue weighted by Gasteiger charge is -2.23. The van der Waals surface area contributed by atoms with Crippen molar-refractivity contribution in [3.8, 4) is 5.75 Å². The standard InChI is InChI=1S/C14H19F3N2O2/c1-2-7-19(10-14(15,16)17)13(20)9-21-12-5-3-11(8-18)4-6-12/h3-6H,2,7-10,18H2,1H3. The molecular formula is C14H19F3N2O2. The van der Waals surface area contributed by atoms with E-state index in [0.29, 0.717) is 18.7 Å². The van der Waals surface area contributed by atoms with E-state index < -0.39 is 25.2 Å². The fourth-order valence-corrected chi connectivity index (χ4v) is 1.74. The van der Waals surface area contributed by atoms with Crippen LogP contribution in [0.2, 0.25) is 0 Å². The summed E-state index contributed by atoms with van der Waals surface area (Å²) in [7, 11) is 0. The van der Waals surface area contributed by atoms with E-state index in [9.17, 15) is 18.0 Å². The highest BCUT2D eigenvalue weighted by Gasteiger charge is 2.32. The van der Waals surface area contributed by atoms with Crippen molar-refractivity contribution >= 4 is 5.91 Å². The van der Waals surface area contributed by atoms with Gasteiger partial charge >= 0.3 is 6.18 Å². The molecule has 4 nitrogen and oxygen atoms in total. The maximum Gasteiger partial charge on any atom is 0.406 e. The minimum absolute atomic E-state index is 0.0494. The molecule has 1 amide bonds. The molecule has 0 aliphatic heterocycles. The van der Waals surface area contributed by atoms with Gasteiger partial charge in [-0.3, -0.25) is 4.79 Å². The minimum Gasteiger partial charge on any atom is -0.484 e. The van der Waals surface area contributed by atoms with E-state index in [4.69, 9.17) is 10.5 Å². The van der Waals surface area contributed by atoms with Gasteiger partial charge in [0.2, 0.25) is 0 Å². The molecule has 1 rings (SSSR count). The molecule has 1 aromatic carbocycles. The number of amides is 1. The molecule has 0 atom stereocenters. The van der Waals surface area contributed by atoms with Crippen LogP contribution < -0.4 is 10.5 Å². The summed E-state index contributed by atoms with van der Waals surface area (Å²) in [6, 6.07) is 6.73. The molecule has 21 heavy (non-hydrogen) atoms. The van der Waals surface area contributed by atoms with E-state index in [2.05, 4.69) is 0 Å². The molecule has 2 N–H and O–H groups in total. The second-order valence-electron chi connectivity index (χ2n) is 4.57. The molecule has 0 saturated carbocycles. The summed E-state index contributed by atoms with van der Waals surface area (Å²) in [5.74, 6) is -0.263. The summed E-state index contributed by atoms with van der Waals surface area (Å²) in [5, 5.41) is 0. The molecule has 0 radical (unpaired) electrons. The maximum absolute atomic E-state index is 12.4. The quantitative estimate of drug-likeness (QED) is 0.841. The Morgan fingerprint density at radius 2 is 1.90 bits per heavy atom. The lowest BCUT2D eigenvalue weighted by Crippen LogP contribution is -2.41. The van der Waals surface area contributed by atoms with Crippen molar-refractivity contribution in [2.75, 3.05) is 19.7 Å². The molecule has 7 heteroatoms. The Labute approximate surface area is 121 Å². The lowest BCUT2D eigenvalue weighted by molar-refractivity contribution is -0.162. The van der Waals surface area contributed by atoms with E-state index in [-0.39, 0.29) is 6.54 Å². The zero-order chi connectivity index (χ0) is 15.9. The fraction of sp³-hybridized carbons (Fsp3) is 0.500. The number of ether oxygens (including phenoxy) is 1. The molecule has 0 fully saturated rings. The number of nitrogens with zero attached hydrogens (tertiary/aromatic N) is 1. The highest BCUT2D eigenvalue weighted by Crippen LogP contribution is 2.17. The third-order valence-electron chi connectivity index (χ3n) is 2.74. The minimum atomic E-state index is -4.41.